The van der Waals surface area contributed by atoms with Crippen LogP contribution in [0.15, 0.2) is 115 Å². The highest BCUT2D eigenvalue weighted by Crippen LogP contribution is 2.41. The molecule has 0 unspecified atom stereocenters. The molecule has 0 heterocycles. The van der Waals surface area contributed by atoms with Crippen LogP contribution in [0.5, 0.6) is 0 Å². The van der Waals surface area contributed by atoms with Crippen LogP contribution in [-0.2, 0) is 69.3 Å². The maximum atomic E-state index is 14.2. The molecular weight excluding hydrogens is 1060 g/mol. The Morgan fingerprint density at radius 3 is 0.778 bits per heavy atom. The zero-order chi connectivity index (χ0) is 54.8. The number of rotatable bonds is 6. The minimum absolute atomic E-state index is 0.661. The Hall–Kier alpha value is -5.89. The van der Waals surface area contributed by atoms with Crippen LogP contribution < -0.4 is 21.9 Å². The van der Waals surface area contributed by atoms with Crippen LogP contribution >= 0.6 is 0 Å². The van der Waals surface area contributed by atoms with E-state index in [1.807, 2.05) is 30.7 Å². The molecule has 0 bridgehead atoms. The fourth-order valence-corrected chi connectivity index (χ4v) is 8.86. The molecule has 0 radical (unpaired) electrons. The van der Waals surface area contributed by atoms with Crippen molar-refractivity contribution in [2.75, 3.05) is 12.5 Å². The van der Waals surface area contributed by atoms with E-state index in [1.165, 1.54) is 16.3 Å². The SMILES string of the molecule is C[S+](C)(=O)Cc1cccc2ccccc12.FC(F)(F)c1cc([B-](c2cc(C(F)(F)F)cc(C(F)(F)F)c2)(c2cc(C(F)(F)F)cc(C(F)(F)F)c2)c2cc(C(F)(F)F)cc(C(F)(F)F)c2)cc(C(F)(F)F)c1. The van der Waals surface area contributed by atoms with Gasteiger partial charge in [0.25, 0.3) is 0 Å². The molecule has 0 spiro atoms. The van der Waals surface area contributed by atoms with Gasteiger partial charge in [0.2, 0.25) is 0 Å². The topological polar surface area (TPSA) is 17.1 Å². The standard InChI is InChI=1S/C32H12BF24.C13H15OS/c34-25(35,36)13-1-14(26(37,38)39)6-21(5-13)33(22-7-15(27(40,41)42)2-16(8-22)28(43,44)45,23-9-17(29(46,47)48)3-18(10-23)30(49,50)51)24-11-19(31(52,53)54)4-20(12-24)32(55,56)57;1-15(2,14)10-12-8-5-7-11-6-3-4-9-13(11)12/h1-12H;3-9H,10H2,1-2H3/q-1;+1. The van der Waals surface area contributed by atoms with Crippen LogP contribution in [0, 0.1) is 0 Å². The lowest BCUT2D eigenvalue weighted by molar-refractivity contribution is -0.144. The Kier molecular flexibility index (Phi) is 14.9. The monoisotopic (exact) mass is 1080 g/mol. The van der Waals surface area contributed by atoms with Gasteiger partial charge in [0, 0.05) is 5.56 Å². The second-order valence-corrected chi connectivity index (χ2v) is 19.6. The van der Waals surface area contributed by atoms with Crippen LogP contribution in [0.1, 0.15) is 50.1 Å². The van der Waals surface area contributed by atoms with Crippen LogP contribution in [0.2, 0.25) is 0 Å². The summed E-state index contributed by atoms with van der Waals surface area (Å²) >= 11 is 0. The minimum Gasteiger partial charge on any atom is -0.194 e. The van der Waals surface area contributed by atoms with Gasteiger partial charge in [-0.2, -0.15) is 127 Å². The van der Waals surface area contributed by atoms with Gasteiger partial charge >= 0.3 is 49.4 Å². The number of hydrogen-bond acceptors (Lipinski definition) is 1. The van der Waals surface area contributed by atoms with Gasteiger partial charge in [-0.3, -0.25) is 0 Å². The van der Waals surface area contributed by atoms with E-state index in [-0.39, 0.29) is 0 Å². The summed E-state index contributed by atoms with van der Waals surface area (Å²) in [5.41, 5.74) is -29.0. The van der Waals surface area contributed by atoms with Crippen LogP contribution in [0.25, 0.3) is 10.8 Å². The van der Waals surface area contributed by atoms with Crippen molar-refractivity contribution >= 4 is 48.7 Å². The van der Waals surface area contributed by atoms with Crippen LogP contribution in [0.3, 0.4) is 0 Å². The Balaban J connectivity index is 0.000000542. The predicted octanol–water partition coefficient (Wildman–Crippen LogP) is 14.3. The highest BCUT2D eigenvalue weighted by molar-refractivity contribution is 8.00. The lowest BCUT2D eigenvalue weighted by atomic mass is 9.12. The molecule has 0 aliphatic heterocycles. The van der Waals surface area contributed by atoms with Crippen LogP contribution in [-0.4, -0.2) is 18.7 Å². The third-order valence-corrected chi connectivity index (χ3v) is 11.8. The summed E-state index contributed by atoms with van der Waals surface area (Å²) in [5, 5.41) is 2.44. The van der Waals surface area contributed by atoms with Gasteiger partial charge in [-0.1, -0.05) is 91.0 Å². The summed E-state index contributed by atoms with van der Waals surface area (Å²) in [6.45, 7) is 0. The Labute approximate surface area is 390 Å². The van der Waals surface area contributed by atoms with Crippen molar-refractivity contribution in [3.8, 4) is 0 Å². The molecule has 0 amide bonds. The van der Waals surface area contributed by atoms with Gasteiger partial charge in [0.15, 0.2) is 0 Å². The van der Waals surface area contributed by atoms with E-state index in [0.717, 1.165) is 0 Å². The number of halogens is 24. The molecule has 72 heavy (non-hydrogen) atoms. The van der Waals surface area contributed by atoms with Crippen molar-refractivity contribution in [3.05, 3.63) is 165 Å². The van der Waals surface area contributed by atoms with Crippen molar-refractivity contribution in [2.45, 2.75) is 55.2 Å². The molecule has 0 fully saturated rings. The fraction of sp³-hybridized carbons (Fsp3) is 0.244. The molecule has 27 heteroatoms. The Morgan fingerprint density at radius 1 is 0.333 bits per heavy atom. The van der Waals surface area contributed by atoms with E-state index in [4.69, 9.17) is 0 Å². The maximum Gasteiger partial charge on any atom is 0.416 e. The molecule has 0 N–H and O–H groups in total. The highest BCUT2D eigenvalue weighted by Gasteiger charge is 2.47. The number of benzene rings is 6. The van der Waals surface area contributed by atoms with E-state index in [2.05, 4.69) is 24.3 Å². The molecule has 0 aliphatic rings. The second-order valence-electron chi connectivity index (χ2n) is 16.4. The quantitative estimate of drug-likeness (QED) is 0.0923. The number of hydrogen-bond donors (Lipinski definition) is 0. The lowest BCUT2D eigenvalue weighted by Crippen LogP contribution is -2.75. The summed E-state index contributed by atoms with van der Waals surface area (Å²) in [6, 6.07) is 5.61. The molecule has 0 saturated heterocycles. The average Bonchev–Trinajstić information content (AvgIpc) is 3.21. The number of alkyl halides is 24. The molecule has 1 nitrogen and oxygen atoms in total. The first-order chi connectivity index (χ1) is 32.3. The van der Waals surface area contributed by atoms with Gasteiger partial charge in [-0.05, 0) is 35.0 Å². The van der Waals surface area contributed by atoms with Gasteiger partial charge in [-0.25, -0.2) is 0 Å². The van der Waals surface area contributed by atoms with E-state index >= 15 is 0 Å². The smallest absolute Gasteiger partial charge is 0.194 e. The summed E-state index contributed by atoms with van der Waals surface area (Å²) in [7, 11) is -1.72. The fourth-order valence-electron chi connectivity index (χ4n) is 7.86. The zero-order valence-electron chi connectivity index (χ0n) is 35.6. The molecule has 0 aromatic heterocycles. The minimum atomic E-state index is -6.13. The van der Waals surface area contributed by atoms with E-state index in [9.17, 15) is 110 Å². The van der Waals surface area contributed by atoms with Crippen molar-refractivity contribution in [2.24, 2.45) is 0 Å². The Bertz CT molecular complexity index is 2560. The first-order valence-corrected chi connectivity index (χ1v) is 22.1. The maximum absolute atomic E-state index is 14.2. The van der Waals surface area contributed by atoms with Gasteiger partial charge in [-0.15, -0.1) is 4.21 Å². The third-order valence-electron chi connectivity index (χ3n) is 10.8. The van der Waals surface area contributed by atoms with Crippen molar-refractivity contribution < 1.29 is 110 Å². The first-order valence-electron chi connectivity index (χ1n) is 19.6. The molecule has 390 valence electrons. The van der Waals surface area contributed by atoms with Crippen molar-refractivity contribution in [1.29, 1.82) is 0 Å². The van der Waals surface area contributed by atoms with Gasteiger partial charge < -0.3 is 0 Å². The molecule has 0 aliphatic carbocycles. The normalized spacial score (nSPS) is 13.8. The second kappa shape index (κ2) is 18.9. The zero-order valence-corrected chi connectivity index (χ0v) is 36.5. The largest absolute Gasteiger partial charge is 0.416 e. The Morgan fingerprint density at radius 2 is 0.556 bits per heavy atom. The van der Waals surface area contributed by atoms with Crippen LogP contribution in [0.4, 0.5) is 105 Å². The lowest BCUT2D eigenvalue weighted by Gasteiger charge is -2.46. The molecular formula is C45H27BF24OS. The molecule has 0 atom stereocenters. The molecule has 0 saturated carbocycles. The summed E-state index contributed by atoms with van der Waals surface area (Å²) < 4.78 is 353. The molecule has 6 aromatic carbocycles. The summed E-state index contributed by atoms with van der Waals surface area (Å²) in [4.78, 5) is 0. The van der Waals surface area contributed by atoms with Crippen molar-refractivity contribution in [1.82, 2.24) is 0 Å². The van der Waals surface area contributed by atoms with E-state index < -0.39 is 205 Å². The highest BCUT2D eigenvalue weighted by atomic mass is 32.2. The summed E-state index contributed by atoms with van der Waals surface area (Å²) in [6.07, 6.45) is -51.2. The van der Waals surface area contributed by atoms with Gasteiger partial charge in [0.05, 0.1) is 54.4 Å². The average molecular weight is 1080 g/mol. The van der Waals surface area contributed by atoms with E-state index in [0.29, 0.717) is 5.75 Å². The van der Waals surface area contributed by atoms with Crippen molar-refractivity contribution in [3.63, 3.8) is 0 Å². The summed E-state index contributed by atoms with van der Waals surface area (Å²) in [5.74, 6) is 0.661. The van der Waals surface area contributed by atoms with E-state index in [1.54, 1.807) is 0 Å². The first kappa shape index (κ1) is 57.0. The molecule has 6 rings (SSSR count). The van der Waals surface area contributed by atoms with Gasteiger partial charge in [0.1, 0.15) is 24.4 Å². The predicted molar refractivity (Wildman–Crippen MR) is 218 cm³/mol. The molecule has 6 aromatic rings. The third kappa shape index (κ3) is 13.0. The number of fused-ring (bicyclic) bond motifs is 1.